The molecule has 1 amide bonds. The number of rotatable bonds is 8. The van der Waals surface area contributed by atoms with Crippen molar-refractivity contribution in [1.29, 1.82) is 0 Å². The van der Waals surface area contributed by atoms with Crippen molar-refractivity contribution in [1.82, 2.24) is 10.2 Å². The maximum atomic E-state index is 12.4. The molecule has 35 heavy (non-hydrogen) atoms. The van der Waals surface area contributed by atoms with Crippen molar-refractivity contribution in [3.63, 3.8) is 0 Å². The summed E-state index contributed by atoms with van der Waals surface area (Å²) >= 11 is 0. The zero-order chi connectivity index (χ0) is 25.5. The van der Waals surface area contributed by atoms with Crippen molar-refractivity contribution in [3.8, 4) is 0 Å². The van der Waals surface area contributed by atoms with Gasteiger partial charge in [-0.1, -0.05) is 34.1 Å². The summed E-state index contributed by atoms with van der Waals surface area (Å²) in [5, 5.41) is 25.4. The molecule has 0 bridgehead atoms. The minimum atomic E-state index is -0.227. The van der Waals surface area contributed by atoms with Crippen LogP contribution in [0.15, 0.2) is 0 Å². The third-order valence-corrected chi connectivity index (χ3v) is 11.9. The van der Waals surface area contributed by atoms with Crippen LogP contribution in [0.5, 0.6) is 0 Å². The highest BCUT2D eigenvalue weighted by molar-refractivity contribution is 5.75. The maximum Gasteiger partial charge on any atom is 0.220 e. The molecule has 0 aromatic rings. The van der Waals surface area contributed by atoms with Crippen LogP contribution in [0.4, 0.5) is 0 Å². The Hall–Kier alpha value is -0.650. The van der Waals surface area contributed by atoms with Gasteiger partial charge in [0.15, 0.2) is 0 Å². The van der Waals surface area contributed by atoms with E-state index < -0.39 is 0 Å². The first kappa shape index (κ1) is 27.4. The number of nitrogens with zero attached hydrogens (tertiary/aromatic N) is 1. The molecule has 0 aliphatic heterocycles. The van der Waals surface area contributed by atoms with E-state index in [1.807, 2.05) is 14.1 Å². The lowest BCUT2D eigenvalue weighted by atomic mass is 9.41. The van der Waals surface area contributed by atoms with E-state index in [0.717, 1.165) is 45.2 Å². The molecule has 0 saturated heterocycles. The van der Waals surface area contributed by atoms with E-state index >= 15 is 0 Å². The number of amides is 1. The molecule has 0 aromatic carbocycles. The molecule has 4 rings (SSSR count). The van der Waals surface area contributed by atoms with Crippen molar-refractivity contribution in [3.05, 3.63) is 0 Å². The topological polar surface area (TPSA) is 72.8 Å². The molecule has 11 atom stereocenters. The largest absolute Gasteiger partial charge is 0.393 e. The minimum absolute atomic E-state index is 0.184. The van der Waals surface area contributed by atoms with E-state index in [0.29, 0.717) is 47.8 Å². The number of fused-ring (bicyclic) bond motifs is 5. The van der Waals surface area contributed by atoms with Gasteiger partial charge in [0.25, 0.3) is 0 Å². The van der Waals surface area contributed by atoms with Crippen molar-refractivity contribution >= 4 is 5.91 Å². The molecule has 4 saturated carbocycles. The minimum Gasteiger partial charge on any atom is -0.393 e. The molecule has 3 N–H and O–H groups in total. The number of hydrogen-bond acceptors (Lipinski definition) is 4. The first-order chi connectivity index (χ1) is 16.5. The Morgan fingerprint density at radius 1 is 1.03 bits per heavy atom. The Morgan fingerprint density at radius 2 is 1.71 bits per heavy atom. The molecule has 5 nitrogen and oxygen atoms in total. The molecule has 0 radical (unpaired) electrons. The molecule has 4 aliphatic carbocycles. The Kier molecular flexibility index (Phi) is 8.30. The Bertz CT molecular complexity index is 743. The van der Waals surface area contributed by atoms with Gasteiger partial charge in [-0.2, -0.15) is 0 Å². The summed E-state index contributed by atoms with van der Waals surface area (Å²) in [6.45, 7) is 11.3. The summed E-state index contributed by atoms with van der Waals surface area (Å²) < 4.78 is 0. The van der Waals surface area contributed by atoms with E-state index in [1.165, 1.54) is 25.7 Å². The summed E-state index contributed by atoms with van der Waals surface area (Å²) in [4.78, 5) is 14.5. The fourth-order valence-corrected chi connectivity index (χ4v) is 10.00. The second-order valence-electron chi connectivity index (χ2n) is 13.8. The van der Waals surface area contributed by atoms with Crippen molar-refractivity contribution < 1.29 is 15.0 Å². The summed E-state index contributed by atoms with van der Waals surface area (Å²) in [6, 6.07) is 0. The standard InChI is InChI=1S/C30H54N2O3/c1-7-21-25-18-20(33)12-14-30(25,4)24-13-15-29(3)22(9-10-23(29)27(24)28(21)35)19(2)8-11-26(34)31-16-17-32(5)6/h19-25,27-28,33,35H,7-18H2,1-6H3,(H,31,34)/t19-,20-,21-,22-,23+,24+,25+,27+,28-,29-,30-/m1/s1. The van der Waals surface area contributed by atoms with E-state index in [9.17, 15) is 15.0 Å². The number of hydrogen-bond donors (Lipinski definition) is 3. The molecule has 0 spiro atoms. The summed E-state index contributed by atoms with van der Waals surface area (Å²) in [6.07, 6.45) is 10.1. The molecule has 0 aromatic heterocycles. The van der Waals surface area contributed by atoms with Crippen LogP contribution in [0.2, 0.25) is 0 Å². The maximum absolute atomic E-state index is 12.4. The van der Waals surface area contributed by atoms with E-state index in [-0.39, 0.29) is 28.9 Å². The molecule has 4 fully saturated rings. The average Bonchev–Trinajstić information content (AvgIpc) is 3.16. The van der Waals surface area contributed by atoms with Crippen LogP contribution in [0.25, 0.3) is 0 Å². The van der Waals surface area contributed by atoms with Crippen molar-refractivity contribution in [2.75, 3.05) is 27.2 Å². The first-order valence-electron chi connectivity index (χ1n) is 14.8. The van der Waals surface area contributed by atoms with Crippen molar-refractivity contribution in [2.24, 2.45) is 52.3 Å². The Morgan fingerprint density at radius 3 is 2.40 bits per heavy atom. The molecular weight excluding hydrogens is 436 g/mol. The quantitative estimate of drug-likeness (QED) is 0.461. The van der Waals surface area contributed by atoms with Crippen LogP contribution in [0.3, 0.4) is 0 Å². The van der Waals surface area contributed by atoms with Gasteiger partial charge in [-0.3, -0.25) is 4.79 Å². The fourth-order valence-electron chi connectivity index (χ4n) is 10.00. The molecule has 0 unspecified atom stereocenters. The highest BCUT2D eigenvalue weighted by atomic mass is 16.3. The van der Waals surface area contributed by atoms with Gasteiger partial charge in [0.05, 0.1) is 12.2 Å². The molecule has 202 valence electrons. The van der Waals surface area contributed by atoms with Gasteiger partial charge in [0.1, 0.15) is 0 Å². The third-order valence-electron chi connectivity index (χ3n) is 11.9. The lowest BCUT2D eigenvalue weighted by molar-refractivity contribution is -0.203. The average molecular weight is 491 g/mol. The molecule has 0 heterocycles. The Balaban J connectivity index is 1.45. The van der Waals surface area contributed by atoms with E-state index in [2.05, 4.69) is 37.9 Å². The van der Waals surface area contributed by atoms with Crippen LogP contribution in [0, 0.1) is 52.3 Å². The van der Waals surface area contributed by atoms with Gasteiger partial charge < -0.3 is 20.4 Å². The normalized spacial score (nSPS) is 46.0. The lowest BCUT2D eigenvalue weighted by Crippen LogP contribution is -2.62. The van der Waals surface area contributed by atoms with E-state index in [1.54, 1.807) is 0 Å². The van der Waals surface area contributed by atoms with Gasteiger partial charge in [-0.15, -0.1) is 0 Å². The van der Waals surface area contributed by atoms with Crippen LogP contribution >= 0.6 is 0 Å². The first-order valence-corrected chi connectivity index (χ1v) is 14.8. The van der Waals surface area contributed by atoms with Gasteiger partial charge in [-0.05, 0) is 118 Å². The summed E-state index contributed by atoms with van der Waals surface area (Å²) in [5.74, 6) is 3.74. The zero-order valence-electron chi connectivity index (χ0n) is 23.4. The van der Waals surface area contributed by atoms with E-state index in [4.69, 9.17) is 0 Å². The lowest BCUT2D eigenvalue weighted by Gasteiger charge is -2.64. The molecular formula is C30H54N2O3. The number of aliphatic hydroxyl groups is 2. The second kappa shape index (κ2) is 10.6. The van der Waals surface area contributed by atoms with Crippen LogP contribution in [-0.2, 0) is 4.79 Å². The number of likely N-dealkylation sites (N-methyl/N-ethyl adjacent to an activating group) is 1. The zero-order valence-corrected chi connectivity index (χ0v) is 23.4. The number of carbonyl (C=O) groups is 1. The van der Waals surface area contributed by atoms with Crippen molar-refractivity contribution in [2.45, 2.75) is 104 Å². The SMILES string of the molecule is CC[C@H]1[C@@H](O)[C@@H]2[C@H](CC[C@]3(C)[C@@H]([C@H](C)CCC(=O)NCCN(C)C)CC[C@@H]23)[C@@]2(C)CC[C@@H](O)C[C@@H]12. The predicted octanol–water partition coefficient (Wildman–Crippen LogP) is 4.71. The summed E-state index contributed by atoms with van der Waals surface area (Å²) in [7, 11) is 4.06. The van der Waals surface area contributed by atoms with Crippen LogP contribution in [-0.4, -0.2) is 60.4 Å². The van der Waals surface area contributed by atoms with Gasteiger partial charge in [-0.25, -0.2) is 0 Å². The third kappa shape index (κ3) is 4.95. The second-order valence-corrected chi connectivity index (χ2v) is 13.8. The molecule has 4 aliphatic rings. The smallest absolute Gasteiger partial charge is 0.220 e. The number of aliphatic hydroxyl groups excluding tert-OH is 2. The number of carbonyl (C=O) groups excluding carboxylic acids is 1. The highest BCUT2D eigenvalue weighted by Gasteiger charge is 2.64. The van der Waals surface area contributed by atoms with Crippen LogP contribution in [0.1, 0.15) is 91.9 Å². The van der Waals surface area contributed by atoms with Gasteiger partial charge in [0, 0.05) is 19.5 Å². The predicted molar refractivity (Wildman–Crippen MR) is 142 cm³/mol. The Labute approximate surface area is 214 Å². The number of nitrogens with one attached hydrogen (secondary N) is 1. The van der Waals surface area contributed by atoms with Gasteiger partial charge in [0.2, 0.25) is 5.91 Å². The van der Waals surface area contributed by atoms with Gasteiger partial charge >= 0.3 is 0 Å². The highest BCUT2D eigenvalue weighted by Crippen LogP contribution is 2.69. The fraction of sp³-hybridized carbons (Fsp3) is 0.967. The monoisotopic (exact) mass is 490 g/mol. The summed E-state index contributed by atoms with van der Waals surface area (Å²) in [5.41, 5.74) is 0.540. The van der Waals surface area contributed by atoms with Crippen LogP contribution < -0.4 is 5.32 Å². The molecule has 5 heteroatoms.